The zero-order valence-corrected chi connectivity index (χ0v) is 18.0. The third-order valence-electron chi connectivity index (χ3n) is 5.21. The number of nitrogens with zero attached hydrogens (tertiary/aromatic N) is 4. The van der Waals surface area contributed by atoms with E-state index in [0.717, 1.165) is 44.8 Å². The van der Waals surface area contributed by atoms with Crippen LogP contribution in [0.25, 0.3) is 0 Å². The van der Waals surface area contributed by atoms with Gasteiger partial charge >= 0.3 is 0 Å². The third kappa shape index (κ3) is 6.47. The fraction of sp³-hybridized carbons (Fsp3) is 0.650. The molecule has 9 heteroatoms. The molecule has 2 aliphatic rings. The molecule has 0 saturated carbocycles. The van der Waals surface area contributed by atoms with E-state index < -0.39 is 0 Å². The number of aromatic nitrogens is 1. The number of likely N-dealkylation sites (N-methyl/N-ethyl adjacent to an activating group) is 1. The van der Waals surface area contributed by atoms with Crippen molar-refractivity contribution < 1.29 is 9.53 Å². The lowest BCUT2D eigenvalue weighted by atomic mass is 10.1. The van der Waals surface area contributed by atoms with E-state index in [1.807, 2.05) is 12.1 Å². The summed E-state index contributed by atoms with van der Waals surface area (Å²) in [5, 5.41) is 7.49. The minimum Gasteiger partial charge on any atom is -0.376 e. The normalized spacial score (nSPS) is 22.4. The highest BCUT2D eigenvalue weighted by Crippen LogP contribution is 2.25. The summed E-state index contributed by atoms with van der Waals surface area (Å²) in [7, 11) is 3.47. The Balaban J connectivity index is 1.58. The number of hydrogen-bond acceptors (Lipinski definition) is 5. The summed E-state index contributed by atoms with van der Waals surface area (Å²) in [5.74, 6) is 1.42. The average molecular weight is 423 g/mol. The van der Waals surface area contributed by atoms with E-state index >= 15 is 0 Å². The van der Waals surface area contributed by atoms with Crippen molar-refractivity contribution in [2.75, 3.05) is 51.8 Å². The van der Waals surface area contributed by atoms with Crippen molar-refractivity contribution in [3.8, 4) is 0 Å². The molecule has 2 fully saturated rings. The van der Waals surface area contributed by atoms with Gasteiger partial charge in [0.2, 0.25) is 5.91 Å². The smallest absolute Gasteiger partial charge is 0.243 e. The molecule has 3 rings (SSSR count). The molecule has 0 bridgehead atoms. The van der Waals surface area contributed by atoms with Crippen molar-refractivity contribution in [1.82, 2.24) is 20.5 Å². The van der Waals surface area contributed by atoms with E-state index in [9.17, 15) is 4.79 Å². The van der Waals surface area contributed by atoms with E-state index in [-0.39, 0.29) is 24.6 Å². The minimum absolute atomic E-state index is 0.0340. The first kappa shape index (κ1) is 21.6. The molecule has 1 amide bonds. The Labute approximate surface area is 177 Å². The van der Waals surface area contributed by atoms with E-state index in [4.69, 9.17) is 16.3 Å². The Morgan fingerprint density at radius 3 is 3.00 bits per heavy atom. The predicted octanol–water partition coefficient (Wildman–Crippen LogP) is 1.51. The molecule has 0 aliphatic carbocycles. The zero-order chi connectivity index (χ0) is 20.6. The number of carbonyl (C=O) groups excluding carboxylic acids is 1. The fourth-order valence-electron chi connectivity index (χ4n) is 3.49. The van der Waals surface area contributed by atoms with Crippen LogP contribution in [0.3, 0.4) is 0 Å². The van der Waals surface area contributed by atoms with Crippen molar-refractivity contribution in [2.24, 2.45) is 4.99 Å². The lowest BCUT2D eigenvalue weighted by Crippen LogP contribution is -2.47. The van der Waals surface area contributed by atoms with Crippen LogP contribution in [0.2, 0.25) is 5.02 Å². The summed E-state index contributed by atoms with van der Waals surface area (Å²) in [6.07, 6.45) is 6.25. The number of anilines is 1. The number of halogens is 1. The number of pyridine rings is 1. The quantitative estimate of drug-likeness (QED) is 0.534. The van der Waals surface area contributed by atoms with Crippen LogP contribution in [0.1, 0.15) is 25.7 Å². The van der Waals surface area contributed by atoms with Crippen LogP contribution in [-0.2, 0) is 9.53 Å². The molecule has 1 aromatic rings. The van der Waals surface area contributed by atoms with Gasteiger partial charge in [-0.25, -0.2) is 9.98 Å². The molecule has 2 atom stereocenters. The van der Waals surface area contributed by atoms with Crippen molar-refractivity contribution in [1.29, 1.82) is 0 Å². The highest BCUT2D eigenvalue weighted by atomic mass is 35.5. The molecule has 0 spiro atoms. The number of ether oxygens (including phenoxy) is 1. The molecule has 3 heterocycles. The van der Waals surface area contributed by atoms with E-state index in [1.54, 1.807) is 25.2 Å². The number of carbonyl (C=O) groups is 1. The van der Waals surface area contributed by atoms with Gasteiger partial charge < -0.3 is 25.2 Å². The molecule has 2 aliphatic heterocycles. The summed E-state index contributed by atoms with van der Waals surface area (Å²) in [6.45, 7) is 3.25. The predicted molar refractivity (Wildman–Crippen MR) is 116 cm³/mol. The van der Waals surface area contributed by atoms with Crippen molar-refractivity contribution in [3.05, 3.63) is 23.4 Å². The second-order valence-corrected chi connectivity index (χ2v) is 8.11. The summed E-state index contributed by atoms with van der Waals surface area (Å²) in [4.78, 5) is 24.6. The van der Waals surface area contributed by atoms with Gasteiger partial charge in [-0.2, -0.15) is 0 Å². The van der Waals surface area contributed by atoms with Gasteiger partial charge in [0.25, 0.3) is 0 Å². The highest BCUT2D eigenvalue weighted by Gasteiger charge is 2.26. The van der Waals surface area contributed by atoms with Gasteiger partial charge in [-0.3, -0.25) is 4.79 Å². The Morgan fingerprint density at radius 1 is 1.41 bits per heavy atom. The summed E-state index contributed by atoms with van der Waals surface area (Å²) >= 11 is 6.29. The van der Waals surface area contributed by atoms with Crippen molar-refractivity contribution in [2.45, 2.75) is 37.8 Å². The molecule has 0 radical (unpaired) electrons. The van der Waals surface area contributed by atoms with Crippen LogP contribution >= 0.6 is 11.6 Å². The summed E-state index contributed by atoms with van der Waals surface area (Å²) in [5.41, 5.74) is 0. The van der Waals surface area contributed by atoms with Crippen molar-refractivity contribution in [3.63, 3.8) is 0 Å². The largest absolute Gasteiger partial charge is 0.376 e. The Kier molecular flexibility index (Phi) is 7.94. The second-order valence-electron chi connectivity index (χ2n) is 7.71. The molecule has 29 heavy (non-hydrogen) atoms. The number of nitrogens with one attached hydrogen (secondary N) is 2. The monoisotopic (exact) mass is 422 g/mol. The summed E-state index contributed by atoms with van der Waals surface area (Å²) in [6, 6.07) is 3.89. The number of hydrogen-bond donors (Lipinski definition) is 2. The van der Waals surface area contributed by atoms with Crippen LogP contribution in [0, 0.1) is 0 Å². The second kappa shape index (κ2) is 10.6. The van der Waals surface area contributed by atoms with Gasteiger partial charge in [-0.1, -0.05) is 11.6 Å². The molecule has 1 aromatic heterocycles. The molecule has 2 saturated heterocycles. The maximum Gasteiger partial charge on any atom is 0.243 e. The van der Waals surface area contributed by atoms with E-state index in [2.05, 4.69) is 25.5 Å². The maximum atomic E-state index is 12.0. The zero-order valence-electron chi connectivity index (χ0n) is 17.2. The topological polar surface area (TPSA) is 82.1 Å². The molecule has 8 nitrogen and oxygen atoms in total. The van der Waals surface area contributed by atoms with Gasteiger partial charge in [-0.15, -0.1) is 0 Å². The van der Waals surface area contributed by atoms with Crippen LogP contribution in [0.4, 0.5) is 5.82 Å². The Morgan fingerprint density at radius 2 is 2.28 bits per heavy atom. The van der Waals surface area contributed by atoms with Gasteiger partial charge in [0.1, 0.15) is 12.4 Å². The Hall–Kier alpha value is -2.06. The highest BCUT2D eigenvalue weighted by molar-refractivity contribution is 6.32. The molecule has 2 unspecified atom stereocenters. The molecule has 160 valence electrons. The fourth-order valence-corrected chi connectivity index (χ4v) is 3.73. The van der Waals surface area contributed by atoms with E-state index in [1.165, 1.54) is 6.42 Å². The number of amides is 1. The lowest BCUT2D eigenvalue weighted by Gasteiger charge is -2.25. The average Bonchev–Trinajstić information content (AvgIpc) is 3.19. The standard InChI is InChI=1S/C20H31ClN6O2/c1-26(2)18(28)13-24-20(23-12-16-6-3-4-11-29-16)25-15-8-10-27(14-15)19-17(21)7-5-9-22-19/h5,7,9,15-16H,3-4,6,8,10-14H2,1-2H3,(H2,23,24,25). The first-order chi connectivity index (χ1) is 14.0. The van der Waals surface area contributed by atoms with Crippen LogP contribution in [-0.4, -0.2) is 80.8 Å². The first-order valence-electron chi connectivity index (χ1n) is 10.2. The van der Waals surface area contributed by atoms with Gasteiger partial charge in [0, 0.05) is 52.6 Å². The molecule has 0 aromatic carbocycles. The van der Waals surface area contributed by atoms with Crippen LogP contribution in [0.5, 0.6) is 0 Å². The van der Waals surface area contributed by atoms with E-state index in [0.29, 0.717) is 17.5 Å². The molecular formula is C20H31ClN6O2. The third-order valence-corrected chi connectivity index (χ3v) is 5.51. The number of rotatable bonds is 6. The lowest BCUT2D eigenvalue weighted by molar-refractivity contribution is -0.127. The minimum atomic E-state index is -0.0340. The SMILES string of the molecule is CN(C)C(=O)CN=C(NCC1CCCCO1)NC1CCN(c2ncccc2Cl)C1. The number of aliphatic imine (C=N–C) groups is 1. The van der Waals surface area contributed by atoms with Crippen LogP contribution < -0.4 is 15.5 Å². The first-order valence-corrected chi connectivity index (χ1v) is 10.6. The van der Waals surface area contributed by atoms with Crippen molar-refractivity contribution >= 4 is 29.3 Å². The van der Waals surface area contributed by atoms with Gasteiger partial charge in [0.05, 0.1) is 11.1 Å². The molecular weight excluding hydrogens is 392 g/mol. The number of guanidine groups is 1. The molecule has 2 N–H and O–H groups in total. The van der Waals surface area contributed by atoms with Crippen LogP contribution in [0.15, 0.2) is 23.3 Å². The van der Waals surface area contributed by atoms with Gasteiger partial charge in [-0.05, 0) is 37.8 Å². The Bertz CT molecular complexity index is 708. The van der Waals surface area contributed by atoms with Gasteiger partial charge in [0.15, 0.2) is 5.96 Å². The summed E-state index contributed by atoms with van der Waals surface area (Å²) < 4.78 is 5.80. The maximum absolute atomic E-state index is 12.0.